The molecule has 0 aliphatic carbocycles. The molecule has 0 aromatic rings. The average Bonchev–Trinajstić information content (AvgIpc) is 3.03. The van der Waals surface area contributed by atoms with E-state index in [0.717, 1.165) is 12.8 Å². The van der Waals surface area contributed by atoms with E-state index in [-0.39, 0.29) is 19.2 Å². The van der Waals surface area contributed by atoms with Crippen LogP contribution in [0.15, 0.2) is 0 Å². The molecule has 0 aliphatic heterocycles. The number of carbonyl (C=O) groups is 1. The maximum Gasteiger partial charge on any atom is 0.305 e. The molecule has 0 aromatic carbocycles. The molecule has 0 radical (unpaired) electrons. The van der Waals surface area contributed by atoms with Gasteiger partial charge in [-0.3, -0.25) is 4.79 Å². The predicted octanol–water partition coefficient (Wildman–Crippen LogP) is 4.57. The number of ether oxygens (including phenoxy) is 10. The van der Waals surface area contributed by atoms with Crippen molar-refractivity contribution in [1.29, 1.82) is 0 Å². The van der Waals surface area contributed by atoms with Gasteiger partial charge in [0.25, 0.3) is 0 Å². The Bertz CT molecular complexity index is 546. The molecule has 0 amide bonds. The van der Waals surface area contributed by atoms with E-state index < -0.39 is 6.67 Å². The van der Waals surface area contributed by atoms with Gasteiger partial charge in [-0.1, -0.05) is 58.3 Å². The van der Waals surface area contributed by atoms with Crippen LogP contribution in [0.5, 0.6) is 0 Å². The van der Waals surface area contributed by atoms with E-state index in [1.165, 1.54) is 44.9 Å². The van der Waals surface area contributed by atoms with E-state index in [2.05, 4.69) is 6.92 Å². The highest BCUT2D eigenvalue weighted by molar-refractivity contribution is 5.69. The number of rotatable bonds is 39. The predicted molar refractivity (Wildman–Crippen MR) is 166 cm³/mol. The fourth-order valence-electron chi connectivity index (χ4n) is 3.78. The largest absolute Gasteiger partial charge is 0.463 e. The number of hydrogen-bond donors (Lipinski definition) is 0. The molecule has 0 N–H and O–H groups in total. The van der Waals surface area contributed by atoms with Gasteiger partial charge in [-0.05, 0) is 6.42 Å². The highest BCUT2D eigenvalue weighted by Gasteiger charge is 2.03. The lowest BCUT2D eigenvalue weighted by molar-refractivity contribution is -0.145. The van der Waals surface area contributed by atoms with Crippen LogP contribution in [-0.4, -0.2) is 138 Å². The molecule has 0 fully saturated rings. The van der Waals surface area contributed by atoms with Crippen LogP contribution < -0.4 is 0 Å². The average molecular weight is 643 g/mol. The molecule has 0 saturated carbocycles. The van der Waals surface area contributed by atoms with Crippen molar-refractivity contribution in [3.63, 3.8) is 0 Å². The van der Waals surface area contributed by atoms with E-state index >= 15 is 0 Å². The van der Waals surface area contributed by atoms with Crippen molar-refractivity contribution in [2.75, 3.05) is 132 Å². The Morgan fingerprint density at radius 2 is 0.659 bits per heavy atom. The third-order valence-corrected chi connectivity index (χ3v) is 6.17. The van der Waals surface area contributed by atoms with Gasteiger partial charge >= 0.3 is 5.97 Å². The van der Waals surface area contributed by atoms with Crippen LogP contribution >= 0.6 is 0 Å². The monoisotopic (exact) mass is 642 g/mol. The highest BCUT2D eigenvalue weighted by atomic mass is 19.1. The van der Waals surface area contributed by atoms with E-state index in [0.29, 0.717) is 119 Å². The molecule has 0 atom stereocenters. The first-order valence-corrected chi connectivity index (χ1v) is 16.7. The zero-order valence-electron chi connectivity index (χ0n) is 27.6. The van der Waals surface area contributed by atoms with Crippen molar-refractivity contribution in [1.82, 2.24) is 0 Å². The minimum atomic E-state index is -0.475. The second kappa shape index (κ2) is 40.1. The SMILES string of the molecule is CCCCCCCCCCCC(=O)OCCOCCOCCOCCOCCOCCOCCOCCOCCOCCF. The number of halogens is 1. The molecule has 0 unspecified atom stereocenters. The summed E-state index contributed by atoms with van der Waals surface area (Å²) in [5.74, 6) is -0.139. The standard InChI is InChI=1S/C32H63FO11/c1-2-3-4-5-6-7-8-9-10-11-32(34)44-31-30-43-29-28-42-27-26-41-25-24-40-23-22-39-21-20-38-19-18-37-17-16-36-15-14-35-13-12-33/h2-31H2,1H3. The van der Waals surface area contributed by atoms with Gasteiger partial charge in [-0.15, -0.1) is 0 Å². The fraction of sp³-hybridized carbons (Fsp3) is 0.969. The van der Waals surface area contributed by atoms with Crippen LogP contribution in [0.3, 0.4) is 0 Å². The molecular formula is C32H63FO11. The fourth-order valence-corrected chi connectivity index (χ4v) is 3.78. The van der Waals surface area contributed by atoms with Crippen molar-refractivity contribution in [2.45, 2.75) is 71.1 Å². The quantitative estimate of drug-likeness (QED) is 0.0695. The number of carbonyl (C=O) groups excluding carboxylic acids is 1. The summed E-state index contributed by atoms with van der Waals surface area (Å²) in [6.07, 6.45) is 11.6. The Morgan fingerprint density at radius 1 is 0.386 bits per heavy atom. The van der Waals surface area contributed by atoms with Crippen LogP contribution in [0.4, 0.5) is 4.39 Å². The van der Waals surface area contributed by atoms with E-state index in [1.54, 1.807) is 0 Å². The Labute approximate surface area is 266 Å². The van der Waals surface area contributed by atoms with Gasteiger partial charge in [0.05, 0.1) is 119 Å². The number of unbranched alkanes of at least 4 members (excludes halogenated alkanes) is 8. The first-order valence-electron chi connectivity index (χ1n) is 16.7. The number of hydrogen-bond acceptors (Lipinski definition) is 11. The number of esters is 1. The Balaban J connectivity index is 3.11. The number of alkyl halides is 1. The minimum absolute atomic E-state index is 0.113. The second-order valence-electron chi connectivity index (χ2n) is 10.00. The normalized spacial score (nSPS) is 11.4. The van der Waals surface area contributed by atoms with Crippen molar-refractivity contribution in [2.24, 2.45) is 0 Å². The highest BCUT2D eigenvalue weighted by Crippen LogP contribution is 2.10. The van der Waals surface area contributed by atoms with Gasteiger partial charge in [-0.2, -0.15) is 0 Å². The molecule has 12 heteroatoms. The summed E-state index contributed by atoms with van der Waals surface area (Å²) in [6, 6.07) is 0. The zero-order valence-corrected chi connectivity index (χ0v) is 27.6. The molecule has 264 valence electrons. The summed E-state index contributed by atoms with van der Waals surface area (Å²) in [5, 5.41) is 0. The smallest absolute Gasteiger partial charge is 0.305 e. The van der Waals surface area contributed by atoms with Gasteiger partial charge in [-0.25, -0.2) is 4.39 Å². The lowest BCUT2D eigenvalue weighted by Crippen LogP contribution is -2.15. The van der Waals surface area contributed by atoms with Crippen molar-refractivity contribution in [3.05, 3.63) is 0 Å². The first kappa shape index (κ1) is 43.0. The van der Waals surface area contributed by atoms with Crippen LogP contribution in [0.25, 0.3) is 0 Å². The summed E-state index contributed by atoms with van der Waals surface area (Å²) in [4.78, 5) is 11.8. The molecule has 0 saturated heterocycles. The molecule has 11 nitrogen and oxygen atoms in total. The van der Waals surface area contributed by atoms with Crippen molar-refractivity contribution in [3.8, 4) is 0 Å². The lowest BCUT2D eigenvalue weighted by atomic mass is 10.1. The summed E-state index contributed by atoms with van der Waals surface area (Å²) in [7, 11) is 0. The molecule has 0 bridgehead atoms. The van der Waals surface area contributed by atoms with E-state index in [1.807, 2.05) is 0 Å². The van der Waals surface area contributed by atoms with Gasteiger partial charge in [0.1, 0.15) is 13.3 Å². The Hall–Kier alpha value is -0.960. The molecule has 0 spiro atoms. The maximum atomic E-state index is 11.8. The summed E-state index contributed by atoms with van der Waals surface area (Å²) < 4.78 is 65.3. The Kier molecular flexibility index (Phi) is 39.2. The van der Waals surface area contributed by atoms with Crippen LogP contribution in [-0.2, 0) is 52.2 Å². The minimum Gasteiger partial charge on any atom is -0.463 e. The van der Waals surface area contributed by atoms with E-state index in [9.17, 15) is 9.18 Å². The first-order chi connectivity index (χ1) is 21.8. The molecule has 0 heterocycles. The molecule has 44 heavy (non-hydrogen) atoms. The van der Waals surface area contributed by atoms with Crippen LogP contribution in [0, 0.1) is 0 Å². The van der Waals surface area contributed by atoms with Gasteiger partial charge in [0.2, 0.25) is 0 Å². The summed E-state index contributed by atoms with van der Waals surface area (Å²) in [6.45, 7) is 10.1. The molecule has 0 rings (SSSR count). The zero-order chi connectivity index (χ0) is 31.9. The molecular weight excluding hydrogens is 579 g/mol. The van der Waals surface area contributed by atoms with Gasteiger partial charge in [0.15, 0.2) is 0 Å². The topological polar surface area (TPSA) is 109 Å². The third-order valence-electron chi connectivity index (χ3n) is 6.17. The Morgan fingerprint density at radius 3 is 0.977 bits per heavy atom. The lowest BCUT2D eigenvalue weighted by Gasteiger charge is -2.09. The summed E-state index contributed by atoms with van der Waals surface area (Å²) in [5.41, 5.74) is 0. The second-order valence-corrected chi connectivity index (χ2v) is 10.00. The molecule has 0 aromatic heterocycles. The van der Waals surface area contributed by atoms with Gasteiger partial charge in [0, 0.05) is 6.42 Å². The summed E-state index contributed by atoms with van der Waals surface area (Å²) >= 11 is 0. The van der Waals surface area contributed by atoms with Crippen LogP contribution in [0.1, 0.15) is 71.1 Å². The van der Waals surface area contributed by atoms with E-state index in [4.69, 9.17) is 47.4 Å². The third kappa shape index (κ3) is 39.1. The maximum absolute atomic E-state index is 11.8. The molecule has 0 aliphatic rings. The van der Waals surface area contributed by atoms with Crippen LogP contribution in [0.2, 0.25) is 0 Å². The van der Waals surface area contributed by atoms with Gasteiger partial charge < -0.3 is 47.4 Å². The van der Waals surface area contributed by atoms with Crippen molar-refractivity contribution < 1.29 is 56.6 Å². The van der Waals surface area contributed by atoms with Crippen molar-refractivity contribution >= 4 is 5.97 Å².